The second-order valence-electron chi connectivity index (χ2n) is 5.07. The van der Waals surface area contributed by atoms with Gasteiger partial charge in [-0.15, -0.1) is 0 Å². The third-order valence-electron chi connectivity index (χ3n) is 3.49. The van der Waals surface area contributed by atoms with E-state index in [9.17, 15) is 8.42 Å². The molecule has 106 valence electrons. The van der Waals surface area contributed by atoms with Crippen LogP contribution in [0.15, 0.2) is 29.2 Å². The Morgan fingerprint density at radius 2 is 1.68 bits per heavy atom. The minimum absolute atomic E-state index is 0.125. The third-order valence-corrected chi connectivity index (χ3v) is 5.64. The molecule has 1 aromatic carbocycles. The van der Waals surface area contributed by atoms with E-state index in [4.69, 9.17) is 4.74 Å². The molecule has 0 spiro atoms. The zero-order chi connectivity index (χ0) is 14.0. The molecule has 2 rings (SSSR count). The summed E-state index contributed by atoms with van der Waals surface area (Å²) in [5.74, 6) is 0. The summed E-state index contributed by atoms with van der Waals surface area (Å²) in [7, 11) is -3.43. The van der Waals surface area contributed by atoms with Crippen molar-refractivity contribution in [3.63, 3.8) is 0 Å². The molecule has 1 aliphatic heterocycles. The highest BCUT2D eigenvalue weighted by atomic mass is 32.2. The van der Waals surface area contributed by atoms with Crippen LogP contribution in [0.1, 0.15) is 26.3 Å². The van der Waals surface area contributed by atoms with Gasteiger partial charge < -0.3 is 4.74 Å². The summed E-state index contributed by atoms with van der Waals surface area (Å²) in [5, 5.41) is 0. The second kappa shape index (κ2) is 5.61. The number of sulfonamides is 1. The van der Waals surface area contributed by atoms with E-state index in [1.54, 1.807) is 16.4 Å². The molecule has 1 heterocycles. The molecule has 1 saturated heterocycles. The summed E-state index contributed by atoms with van der Waals surface area (Å²) in [5.41, 5.74) is 1.14. The molecule has 0 radical (unpaired) electrons. The van der Waals surface area contributed by atoms with Crippen LogP contribution in [0.3, 0.4) is 0 Å². The van der Waals surface area contributed by atoms with Crippen LogP contribution in [0.5, 0.6) is 0 Å². The average molecular weight is 283 g/mol. The molecule has 2 unspecified atom stereocenters. The number of nitrogens with zero attached hydrogens (tertiary/aromatic N) is 1. The van der Waals surface area contributed by atoms with E-state index in [1.807, 2.05) is 26.0 Å². The van der Waals surface area contributed by atoms with Crippen molar-refractivity contribution in [2.24, 2.45) is 0 Å². The Labute approximate surface area is 115 Å². The maximum atomic E-state index is 12.7. The van der Waals surface area contributed by atoms with Crippen LogP contribution in [0.25, 0.3) is 0 Å². The number of rotatable bonds is 3. The molecule has 5 heteroatoms. The van der Waals surface area contributed by atoms with Crippen molar-refractivity contribution in [2.45, 2.75) is 44.2 Å². The predicted molar refractivity (Wildman–Crippen MR) is 74.6 cm³/mol. The van der Waals surface area contributed by atoms with E-state index in [0.29, 0.717) is 18.1 Å². The van der Waals surface area contributed by atoms with Crippen LogP contribution >= 0.6 is 0 Å². The van der Waals surface area contributed by atoms with Gasteiger partial charge in [0.15, 0.2) is 0 Å². The summed E-state index contributed by atoms with van der Waals surface area (Å²) in [6.45, 7) is 6.73. The molecular weight excluding hydrogens is 262 g/mol. The number of ether oxygens (including phenoxy) is 1. The molecule has 0 amide bonds. The zero-order valence-electron chi connectivity index (χ0n) is 11.7. The maximum Gasteiger partial charge on any atom is 0.243 e. The van der Waals surface area contributed by atoms with E-state index >= 15 is 0 Å². The van der Waals surface area contributed by atoms with Crippen molar-refractivity contribution < 1.29 is 13.2 Å². The normalized spacial score (nSPS) is 25.4. The van der Waals surface area contributed by atoms with Crippen LogP contribution < -0.4 is 0 Å². The first-order valence-corrected chi connectivity index (χ1v) is 8.11. The van der Waals surface area contributed by atoms with Crippen LogP contribution in [-0.4, -0.2) is 38.0 Å². The summed E-state index contributed by atoms with van der Waals surface area (Å²) < 4.78 is 32.3. The van der Waals surface area contributed by atoms with Crippen molar-refractivity contribution in [3.8, 4) is 0 Å². The lowest BCUT2D eigenvalue weighted by atomic mass is 10.2. The van der Waals surface area contributed by atoms with Gasteiger partial charge in [-0.1, -0.05) is 19.1 Å². The Kier molecular flexibility index (Phi) is 4.28. The number of aryl methyl sites for hydroxylation is 1. The van der Waals surface area contributed by atoms with Gasteiger partial charge in [-0.25, -0.2) is 8.42 Å². The predicted octanol–water partition coefficient (Wildman–Crippen LogP) is 2.05. The highest BCUT2D eigenvalue weighted by molar-refractivity contribution is 7.89. The smallest absolute Gasteiger partial charge is 0.243 e. The van der Waals surface area contributed by atoms with Crippen LogP contribution in [0.4, 0.5) is 0 Å². The fraction of sp³-hybridized carbons (Fsp3) is 0.571. The minimum atomic E-state index is -3.43. The first-order chi connectivity index (χ1) is 8.96. The number of hydrogen-bond donors (Lipinski definition) is 0. The van der Waals surface area contributed by atoms with Crippen molar-refractivity contribution >= 4 is 10.0 Å². The number of benzene rings is 1. The van der Waals surface area contributed by atoms with E-state index in [0.717, 1.165) is 12.0 Å². The third kappa shape index (κ3) is 2.83. The molecule has 4 nitrogen and oxygen atoms in total. The van der Waals surface area contributed by atoms with Crippen LogP contribution in [-0.2, 0) is 21.2 Å². The molecule has 0 N–H and O–H groups in total. The molecule has 0 bridgehead atoms. The van der Waals surface area contributed by atoms with Gasteiger partial charge in [-0.2, -0.15) is 4.31 Å². The number of hydrogen-bond acceptors (Lipinski definition) is 3. The lowest BCUT2D eigenvalue weighted by Crippen LogP contribution is -2.52. The fourth-order valence-electron chi connectivity index (χ4n) is 2.48. The molecule has 0 aliphatic carbocycles. The Morgan fingerprint density at radius 3 is 2.16 bits per heavy atom. The van der Waals surface area contributed by atoms with Crippen molar-refractivity contribution in [1.29, 1.82) is 0 Å². The Morgan fingerprint density at radius 1 is 1.16 bits per heavy atom. The van der Waals surface area contributed by atoms with Gasteiger partial charge in [0.1, 0.15) is 0 Å². The molecule has 0 aromatic heterocycles. The summed E-state index contributed by atoms with van der Waals surface area (Å²) >= 11 is 0. The molecule has 1 aliphatic rings. The molecule has 1 fully saturated rings. The molecule has 19 heavy (non-hydrogen) atoms. The first-order valence-electron chi connectivity index (χ1n) is 6.67. The first kappa shape index (κ1) is 14.5. The van der Waals surface area contributed by atoms with E-state index in [1.165, 1.54) is 0 Å². The highest BCUT2D eigenvalue weighted by Gasteiger charge is 2.36. The van der Waals surface area contributed by atoms with Crippen molar-refractivity contribution in [2.75, 3.05) is 13.2 Å². The molecule has 0 saturated carbocycles. The minimum Gasteiger partial charge on any atom is -0.378 e. The summed E-state index contributed by atoms with van der Waals surface area (Å²) in [6.07, 6.45) is 0.907. The lowest BCUT2D eigenvalue weighted by Gasteiger charge is -2.37. The van der Waals surface area contributed by atoms with Gasteiger partial charge in [-0.3, -0.25) is 0 Å². The van der Waals surface area contributed by atoms with Gasteiger partial charge in [-0.05, 0) is 38.0 Å². The van der Waals surface area contributed by atoms with E-state index in [2.05, 4.69) is 6.92 Å². The standard InChI is InChI=1S/C14H21NO3S/c1-4-13-5-7-14(8-6-13)19(16,17)15-11(2)9-18-10-12(15)3/h5-8,11-12H,4,9-10H2,1-3H3. The van der Waals surface area contributed by atoms with Crippen molar-refractivity contribution in [1.82, 2.24) is 4.31 Å². The zero-order valence-corrected chi connectivity index (χ0v) is 12.5. The largest absolute Gasteiger partial charge is 0.378 e. The fourth-order valence-corrected chi connectivity index (χ4v) is 4.28. The van der Waals surface area contributed by atoms with Crippen molar-refractivity contribution in [3.05, 3.63) is 29.8 Å². The quantitative estimate of drug-likeness (QED) is 0.853. The van der Waals surface area contributed by atoms with Gasteiger partial charge in [0.05, 0.1) is 18.1 Å². The van der Waals surface area contributed by atoms with Gasteiger partial charge in [0.2, 0.25) is 10.0 Å². The maximum absolute atomic E-state index is 12.7. The molecule has 2 atom stereocenters. The lowest BCUT2D eigenvalue weighted by molar-refractivity contribution is 0.00636. The Hall–Kier alpha value is -0.910. The van der Waals surface area contributed by atoms with Gasteiger partial charge in [0.25, 0.3) is 0 Å². The van der Waals surface area contributed by atoms with Gasteiger partial charge >= 0.3 is 0 Å². The summed E-state index contributed by atoms with van der Waals surface area (Å²) in [4.78, 5) is 0.366. The Balaban J connectivity index is 2.34. The highest BCUT2D eigenvalue weighted by Crippen LogP contribution is 2.24. The SMILES string of the molecule is CCc1ccc(S(=O)(=O)N2C(C)COCC2C)cc1. The van der Waals surface area contributed by atoms with Crippen LogP contribution in [0, 0.1) is 0 Å². The monoisotopic (exact) mass is 283 g/mol. The number of morpholine rings is 1. The summed E-state index contributed by atoms with van der Waals surface area (Å²) in [6, 6.07) is 6.90. The average Bonchev–Trinajstić information content (AvgIpc) is 2.38. The molecule has 1 aromatic rings. The topological polar surface area (TPSA) is 46.6 Å². The van der Waals surface area contributed by atoms with E-state index in [-0.39, 0.29) is 12.1 Å². The Bertz CT molecular complexity index is 514. The molecular formula is C14H21NO3S. The van der Waals surface area contributed by atoms with Crippen LogP contribution in [0.2, 0.25) is 0 Å². The second-order valence-corrected chi connectivity index (χ2v) is 6.91. The van der Waals surface area contributed by atoms with Gasteiger partial charge in [0, 0.05) is 12.1 Å². The van der Waals surface area contributed by atoms with E-state index < -0.39 is 10.0 Å².